The highest BCUT2D eigenvalue weighted by Gasteiger charge is 2.21. The smallest absolute Gasteiger partial charge is 0.439 e. The Bertz CT molecular complexity index is 1750. The van der Waals surface area contributed by atoms with Gasteiger partial charge in [0.2, 0.25) is 5.82 Å². The molecular formula is C26H25ClN6O4. The number of halogens is 1. The quantitative estimate of drug-likeness (QED) is 0.284. The molecule has 0 saturated carbocycles. The Kier molecular flexibility index (Phi) is 6.20. The number of nitrogens with zero attached hydrogens (tertiary/aromatic N) is 4. The van der Waals surface area contributed by atoms with Gasteiger partial charge in [0.1, 0.15) is 22.2 Å². The maximum Gasteiger partial charge on any atom is 0.439 e. The number of H-pyrrole nitrogens is 1. The van der Waals surface area contributed by atoms with Crippen molar-refractivity contribution in [3.8, 4) is 22.8 Å². The van der Waals surface area contributed by atoms with Crippen molar-refractivity contribution in [2.45, 2.75) is 46.7 Å². The lowest BCUT2D eigenvalue weighted by atomic mass is 9.99. The SMILES string of the molecule is Cc1cc([C@@H](C)Nc2ccc(Cl)nc2-c2noc(=O)[nH]2)c2oc(-c3cnn(C(C)C)c3)c(C)c(=O)c2c1. The minimum Gasteiger partial charge on any atom is -0.455 e. The first-order chi connectivity index (χ1) is 17.6. The van der Waals surface area contributed by atoms with Gasteiger partial charge in [0.25, 0.3) is 0 Å². The zero-order valence-electron chi connectivity index (χ0n) is 20.9. The standard InChI is InChI=1S/C26H25ClN6O4/c1-12(2)33-11-16(10-28-33)23-14(4)22(34)18-9-13(3)8-17(24(18)36-23)15(5)29-19-6-7-20(27)30-21(19)25-31-26(35)37-32-25/h6-12,15,29H,1-5H3,(H,31,32,35)/t15-/m1/s1. The van der Waals surface area contributed by atoms with Crippen LogP contribution in [0.3, 0.4) is 0 Å². The Morgan fingerprint density at radius 1 is 1.14 bits per heavy atom. The largest absolute Gasteiger partial charge is 0.455 e. The molecule has 2 N–H and O–H groups in total. The van der Waals surface area contributed by atoms with Crippen LogP contribution in [0.15, 0.2) is 55.2 Å². The van der Waals surface area contributed by atoms with E-state index in [-0.39, 0.29) is 28.5 Å². The molecule has 0 radical (unpaired) electrons. The summed E-state index contributed by atoms with van der Waals surface area (Å²) in [6, 6.07) is 7.01. The summed E-state index contributed by atoms with van der Waals surface area (Å²) < 4.78 is 12.9. The lowest BCUT2D eigenvalue weighted by molar-refractivity contribution is 0.388. The van der Waals surface area contributed by atoms with Gasteiger partial charge in [-0.15, -0.1) is 0 Å². The van der Waals surface area contributed by atoms with E-state index in [2.05, 4.69) is 30.1 Å². The first-order valence-electron chi connectivity index (χ1n) is 11.7. The van der Waals surface area contributed by atoms with Gasteiger partial charge >= 0.3 is 5.76 Å². The Hall–Kier alpha value is -4.18. The fourth-order valence-corrected chi connectivity index (χ4v) is 4.42. The van der Waals surface area contributed by atoms with Crippen molar-refractivity contribution >= 4 is 28.3 Å². The van der Waals surface area contributed by atoms with Gasteiger partial charge in [0, 0.05) is 23.4 Å². The third-order valence-electron chi connectivity index (χ3n) is 6.15. The summed E-state index contributed by atoms with van der Waals surface area (Å²) >= 11 is 6.11. The molecule has 0 fully saturated rings. The molecule has 1 atom stereocenters. The van der Waals surface area contributed by atoms with Crippen LogP contribution in [0.2, 0.25) is 5.15 Å². The highest BCUT2D eigenvalue weighted by Crippen LogP contribution is 2.34. The average molecular weight is 521 g/mol. The molecule has 37 heavy (non-hydrogen) atoms. The fraction of sp³-hybridized carbons (Fsp3) is 0.269. The fourth-order valence-electron chi connectivity index (χ4n) is 4.28. The van der Waals surface area contributed by atoms with Gasteiger partial charge in [-0.2, -0.15) is 5.10 Å². The summed E-state index contributed by atoms with van der Waals surface area (Å²) in [6.07, 6.45) is 3.58. The monoisotopic (exact) mass is 520 g/mol. The molecule has 4 aromatic heterocycles. The molecule has 0 spiro atoms. The molecule has 10 nitrogen and oxygen atoms in total. The second-order valence-corrected chi connectivity index (χ2v) is 9.65. The molecule has 0 aliphatic heterocycles. The van der Waals surface area contributed by atoms with Crippen LogP contribution >= 0.6 is 11.6 Å². The lowest BCUT2D eigenvalue weighted by Crippen LogP contribution is -2.13. The van der Waals surface area contributed by atoms with E-state index in [9.17, 15) is 9.59 Å². The van der Waals surface area contributed by atoms with Crippen molar-refractivity contribution in [3.05, 3.63) is 79.3 Å². The molecule has 0 aliphatic rings. The first-order valence-corrected chi connectivity index (χ1v) is 12.1. The van der Waals surface area contributed by atoms with Gasteiger partial charge in [-0.05, 0) is 58.4 Å². The van der Waals surface area contributed by atoms with Crippen molar-refractivity contribution in [1.29, 1.82) is 0 Å². The summed E-state index contributed by atoms with van der Waals surface area (Å²) in [4.78, 5) is 31.8. The van der Waals surface area contributed by atoms with Crippen LogP contribution < -0.4 is 16.5 Å². The second kappa shape index (κ2) is 9.36. The molecule has 0 bridgehead atoms. The van der Waals surface area contributed by atoms with Crippen molar-refractivity contribution < 1.29 is 8.94 Å². The van der Waals surface area contributed by atoms with Gasteiger partial charge in [-0.25, -0.2) is 9.78 Å². The number of aromatic amines is 1. The third-order valence-corrected chi connectivity index (χ3v) is 6.36. The van der Waals surface area contributed by atoms with Crippen LogP contribution in [0.25, 0.3) is 33.8 Å². The molecule has 0 aliphatic carbocycles. The van der Waals surface area contributed by atoms with Crippen molar-refractivity contribution in [2.75, 3.05) is 5.32 Å². The van der Waals surface area contributed by atoms with E-state index in [4.69, 9.17) is 16.0 Å². The molecule has 5 aromatic rings. The zero-order valence-corrected chi connectivity index (χ0v) is 21.7. The Morgan fingerprint density at radius 2 is 1.92 bits per heavy atom. The predicted octanol–water partition coefficient (Wildman–Crippen LogP) is 5.42. The molecular weight excluding hydrogens is 496 g/mol. The molecule has 0 unspecified atom stereocenters. The van der Waals surface area contributed by atoms with Gasteiger partial charge < -0.3 is 9.73 Å². The number of hydrogen-bond donors (Lipinski definition) is 2. The van der Waals surface area contributed by atoms with E-state index in [0.29, 0.717) is 33.7 Å². The van der Waals surface area contributed by atoms with E-state index in [0.717, 1.165) is 16.7 Å². The molecule has 190 valence electrons. The topological polar surface area (TPSA) is 132 Å². The third kappa shape index (κ3) is 4.55. The first kappa shape index (κ1) is 24.5. The summed E-state index contributed by atoms with van der Waals surface area (Å²) in [7, 11) is 0. The minimum atomic E-state index is -0.703. The number of aryl methyl sites for hydroxylation is 1. The average Bonchev–Trinajstić information content (AvgIpc) is 3.52. The number of nitrogens with one attached hydrogen (secondary N) is 2. The van der Waals surface area contributed by atoms with Crippen LogP contribution in [-0.4, -0.2) is 24.9 Å². The number of hydrogen-bond acceptors (Lipinski definition) is 8. The predicted molar refractivity (Wildman–Crippen MR) is 141 cm³/mol. The molecule has 4 heterocycles. The van der Waals surface area contributed by atoms with E-state index < -0.39 is 5.76 Å². The molecule has 5 rings (SSSR count). The second-order valence-electron chi connectivity index (χ2n) is 9.26. The number of anilines is 1. The highest BCUT2D eigenvalue weighted by molar-refractivity contribution is 6.29. The van der Waals surface area contributed by atoms with Gasteiger partial charge in [-0.3, -0.25) is 19.0 Å². The Balaban J connectivity index is 1.63. The Morgan fingerprint density at radius 3 is 2.59 bits per heavy atom. The molecule has 0 saturated heterocycles. The number of rotatable bonds is 6. The van der Waals surface area contributed by atoms with Gasteiger partial charge in [-0.1, -0.05) is 22.8 Å². The van der Waals surface area contributed by atoms with Crippen LogP contribution in [0.4, 0.5) is 5.69 Å². The summed E-state index contributed by atoms with van der Waals surface area (Å²) in [6.45, 7) is 9.70. The zero-order chi connectivity index (χ0) is 26.4. The van der Waals surface area contributed by atoms with E-state index in [1.165, 1.54) is 0 Å². The molecule has 11 heteroatoms. The minimum absolute atomic E-state index is 0.0975. The van der Waals surface area contributed by atoms with Crippen LogP contribution in [0, 0.1) is 13.8 Å². The van der Waals surface area contributed by atoms with E-state index >= 15 is 0 Å². The Labute approximate surface area is 216 Å². The highest BCUT2D eigenvalue weighted by atomic mass is 35.5. The number of benzene rings is 1. The summed E-state index contributed by atoms with van der Waals surface area (Å²) in [5.41, 5.74) is 4.21. The van der Waals surface area contributed by atoms with Gasteiger partial charge in [0.05, 0.1) is 28.9 Å². The molecule has 0 amide bonds. The van der Waals surface area contributed by atoms with E-state index in [1.807, 2.05) is 50.7 Å². The lowest BCUT2D eigenvalue weighted by Gasteiger charge is -2.19. The van der Waals surface area contributed by atoms with Crippen LogP contribution in [0.1, 0.15) is 49.5 Å². The summed E-state index contributed by atoms with van der Waals surface area (Å²) in [5.74, 6) is -0.0791. The van der Waals surface area contributed by atoms with Crippen LogP contribution in [0.5, 0.6) is 0 Å². The maximum absolute atomic E-state index is 13.4. The van der Waals surface area contributed by atoms with Crippen LogP contribution in [-0.2, 0) is 0 Å². The van der Waals surface area contributed by atoms with Crippen molar-refractivity contribution in [3.63, 3.8) is 0 Å². The van der Waals surface area contributed by atoms with Crippen molar-refractivity contribution in [1.82, 2.24) is 24.9 Å². The number of aromatic nitrogens is 5. The normalized spacial score (nSPS) is 12.4. The van der Waals surface area contributed by atoms with E-state index in [1.54, 1.807) is 25.3 Å². The van der Waals surface area contributed by atoms with Gasteiger partial charge in [0.15, 0.2) is 5.43 Å². The maximum atomic E-state index is 13.4. The molecule has 1 aromatic carbocycles. The van der Waals surface area contributed by atoms with Crippen molar-refractivity contribution in [2.24, 2.45) is 0 Å². The number of pyridine rings is 1. The number of fused-ring (bicyclic) bond motifs is 1. The summed E-state index contributed by atoms with van der Waals surface area (Å²) in [5, 5.41) is 12.3.